The maximum atomic E-state index is 12.9. The first-order valence-corrected chi connectivity index (χ1v) is 15.2. The number of fused-ring (bicyclic) bond motifs is 1. The quantitative estimate of drug-likeness (QED) is 0.158. The molecular formula is C34H33ClN6O5. The van der Waals surface area contributed by atoms with E-state index in [0.29, 0.717) is 69.7 Å². The van der Waals surface area contributed by atoms with Gasteiger partial charge in [-0.1, -0.05) is 41.9 Å². The summed E-state index contributed by atoms with van der Waals surface area (Å²) in [6.45, 7) is 1.14. The summed E-state index contributed by atoms with van der Waals surface area (Å²) >= 11 is 6.83. The number of piperidine rings is 1. The first-order chi connectivity index (χ1) is 22.4. The highest BCUT2D eigenvalue weighted by Gasteiger charge is 2.29. The van der Waals surface area contributed by atoms with Gasteiger partial charge in [-0.3, -0.25) is 9.48 Å². The van der Waals surface area contributed by atoms with Crippen LogP contribution in [0.15, 0.2) is 79.0 Å². The number of carboxylic acid groups (broad SMARTS) is 1. The molecule has 1 atom stereocenters. The van der Waals surface area contributed by atoms with Gasteiger partial charge in [0.15, 0.2) is 0 Å². The van der Waals surface area contributed by atoms with Crippen molar-refractivity contribution < 1.29 is 24.2 Å². The number of halogens is 1. The van der Waals surface area contributed by atoms with Gasteiger partial charge >= 0.3 is 6.09 Å². The number of para-hydroxylation sites is 1. The zero-order valence-electron chi connectivity index (χ0n) is 25.4. The molecule has 1 aliphatic rings. The predicted molar refractivity (Wildman–Crippen MR) is 177 cm³/mol. The number of hydrogen-bond acceptors (Lipinski definition) is 7. The van der Waals surface area contributed by atoms with Crippen LogP contribution in [0.1, 0.15) is 34.8 Å². The van der Waals surface area contributed by atoms with Gasteiger partial charge in [0, 0.05) is 48.1 Å². The lowest BCUT2D eigenvalue weighted by molar-refractivity contribution is 0.102. The van der Waals surface area contributed by atoms with Crippen LogP contribution in [0.3, 0.4) is 0 Å². The molecule has 1 saturated heterocycles. The number of likely N-dealkylation sites (tertiary alicyclic amines) is 1. The zero-order valence-corrected chi connectivity index (χ0v) is 26.1. The van der Waals surface area contributed by atoms with Crippen molar-refractivity contribution in [2.45, 2.75) is 25.4 Å². The van der Waals surface area contributed by atoms with Gasteiger partial charge in [-0.2, -0.15) is 5.10 Å². The maximum absolute atomic E-state index is 12.9. The van der Waals surface area contributed by atoms with Crippen molar-refractivity contribution in [3.05, 3.63) is 95.1 Å². The summed E-state index contributed by atoms with van der Waals surface area (Å²) in [6, 6.07) is 21.8. The van der Waals surface area contributed by atoms with E-state index in [1.54, 1.807) is 32.5 Å². The minimum atomic E-state index is -0.964. The monoisotopic (exact) mass is 640 g/mol. The number of hydrogen-bond donors (Lipinski definition) is 3. The summed E-state index contributed by atoms with van der Waals surface area (Å²) in [5.74, 6) is 1.66. The summed E-state index contributed by atoms with van der Waals surface area (Å²) in [4.78, 5) is 30.9. The third kappa shape index (κ3) is 6.27. The number of rotatable bonds is 9. The molecule has 12 heteroatoms. The molecule has 0 bridgehead atoms. The van der Waals surface area contributed by atoms with Crippen LogP contribution in [0.2, 0.25) is 5.02 Å². The number of ether oxygens (including phenoxy) is 2. The lowest BCUT2D eigenvalue weighted by Crippen LogP contribution is -2.40. The second kappa shape index (κ2) is 13.4. The van der Waals surface area contributed by atoms with Crippen LogP contribution in [0.25, 0.3) is 22.2 Å². The summed E-state index contributed by atoms with van der Waals surface area (Å²) in [7, 11) is 3.21. The van der Waals surface area contributed by atoms with Crippen molar-refractivity contribution in [1.82, 2.24) is 19.7 Å². The highest BCUT2D eigenvalue weighted by molar-refractivity contribution is 6.35. The molecule has 46 heavy (non-hydrogen) atoms. The summed E-state index contributed by atoms with van der Waals surface area (Å²) in [5.41, 5.74) is 4.09. The van der Waals surface area contributed by atoms with E-state index >= 15 is 0 Å². The lowest BCUT2D eigenvalue weighted by atomic mass is 10.0. The van der Waals surface area contributed by atoms with Crippen LogP contribution < -0.4 is 20.1 Å². The van der Waals surface area contributed by atoms with Crippen molar-refractivity contribution >= 4 is 46.0 Å². The van der Waals surface area contributed by atoms with Gasteiger partial charge in [-0.15, -0.1) is 0 Å². The van der Waals surface area contributed by atoms with Crippen LogP contribution in [0.5, 0.6) is 11.5 Å². The molecule has 3 N–H and O–H groups in total. The first-order valence-electron chi connectivity index (χ1n) is 14.8. The average molecular weight is 641 g/mol. The Kier molecular flexibility index (Phi) is 8.93. The number of nitrogens with one attached hydrogen (secondary N) is 2. The molecule has 0 spiro atoms. The minimum absolute atomic E-state index is 0.230. The van der Waals surface area contributed by atoms with Crippen molar-refractivity contribution in [2.24, 2.45) is 0 Å². The molecule has 1 aliphatic heterocycles. The summed E-state index contributed by atoms with van der Waals surface area (Å²) in [6.07, 6.45) is 2.05. The van der Waals surface area contributed by atoms with Crippen molar-refractivity contribution in [1.29, 1.82) is 0 Å². The number of benzene rings is 3. The fourth-order valence-electron chi connectivity index (χ4n) is 5.74. The van der Waals surface area contributed by atoms with Gasteiger partial charge in [0.2, 0.25) is 0 Å². The number of methoxy groups -OCH3 is 2. The first kappa shape index (κ1) is 30.7. The lowest BCUT2D eigenvalue weighted by Gasteiger charge is -2.31. The molecule has 5 aromatic rings. The number of aromatic nitrogens is 3. The average Bonchev–Trinajstić information content (AvgIpc) is 3.50. The van der Waals surface area contributed by atoms with E-state index in [-0.39, 0.29) is 18.5 Å². The molecule has 0 aliphatic carbocycles. The Morgan fingerprint density at radius 2 is 1.83 bits per heavy atom. The highest BCUT2D eigenvalue weighted by atomic mass is 35.5. The molecule has 2 aromatic heterocycles. The van der Waals surface area contributed by atoms with Crippen LogP contribution in [-0.2, 0) is 6.54 Å². The highest BCUT2D eigenvalue weighted by Crippen LogP contribution is 2.39. The number of anilines is 2. The molecule has 1 fully saturated rings. The van der Waals surface area contributed by atoms with Gasteiger partial charge in [0.25, 0.3) is 5.91 Å². The molecule has 3 aromatic carbocycles. The van der Waals surface area contributed by atoms with Crippen LogP contribution >= 0.6 is 11.6 Å². The fraction of sp³-hybridized carbons (Fsp3) is 0.235. The van der Waals surface area contributed by atoms with Crippen LogP contribution in [0, 0.1) is 0 Å². The van der Waals surface area contributed by atoms with E-state index < -0.39 is 6.09 Å². The molecule has 236 valence electrons. The molecule has 2 amide bonds. The van der Waals surface area contributed by atoms with Gasteiger partial charge in [0.1, 0.15) is 23.0 Å². The van der Waals surface area contributed by atoms with Crippen LogP contribution in [-0.4, -0.2) is 64.1 Å². The van der Waals surface area contributed by atoms with Crippen LogP contribution in [0.4, 0.5) is 16.3 Å². The molecule has 11 nitrogen and oxygen atoms in total. The molecule has 0 radical (unpaired) electrons. The van der Waals surface area contributed by atoms with E-state index in [9.17, 15) is 14.7 Å². The number of amides is 2. The Balaban J connectivity index is 1.40. The van der Waals surface area contributed by atoms with E-state index in [1.807, 2.05) is 65.3 Å². The molecule has 1 unspecified atom stereocenters. The SMILES string of the molecule is COc1ccc(CNc2ncc(Cl)c3c2c(-c2ccc(C(=O)Nc4ccccc4)cc2)nn3C2CCCN(C(=O)O)C2)c(OC)c1. The Hall–Kier alpha value is -5.29. The van der Waals surface area contributed by atoms with E-state index in [0.717, 1.165) is 17.5 Å². The number of nitrogens with zero attached hydrogens (tertiary/aromatic N) is 4. The minimum Gasteiger partial charge on any atom is -0.497 e. The zero-order chi connectivity index (χ0) is 32.2. The van der Waals surface area contributed by atoms with Crippen molar-refractivity contribution in [3.8, 4) is 22.8 Å². The maximum Gasteiger partial charge on any atom is 0.407 e. The number of pyridine rings is 1. The van der Waals surface area contributed by atoms with E-state index in [1.165, 1.54) is 4.90 Å². The Bertz CT molecular complexity index is 1880. The van der Waals surface area contributed by atoms with Crippen molar-refractivity contribution in [3.63, 3.8) is 0 Å². The molecule has 3 heterocycles. The fourth-order valence-corrected chi connectivity index (χ4v) is 5.97. The molecule has 6 rings (SSSR count). The smallest absolute Gasteiger partial charge is 0.407 e. The summed E-state index contributed by atoms with van der Waals surface area (Å²) in [5, 5.41) is 22.2. The number of carbonyl (C=O) groups excluding carboxylic acids is 1. The third-order valence-corrected chi connectivity index (χ3v) is 8.36. The van der Waals surface area contributed by atoms with Gasteiger partial charge in [-0.25, -0.2) is 9.78 Å². The topological polar surface area (TPSA) is 131 Å². The second-order valence-electron chi connectivity index (χ2n) is 10.9. The molecule has 0 saturated carbocycles. The van der Waals surface area contributed by atoms with E-state index in [4.69, 9.17) is 26.2 Å². The normalized spacial score (nSPS) is 14.6. The van der Waals surface area contributed by atoms with Gasteiger partial charge < -0.3 is 30.1 Å². The van der Waals surface area contributed by atoms with E-state index in [2.05, 4.69) is 15.6 Å². The standard InChI is InChI=1S/C34H33ClN6O5/c1-45-26-15-14-23(28(17-26)46-2)18-36-32-29-30(21-10-12-22(13-11-21)33(42)38-24-7-4-3-5-8-24)39-41(31(29)27(35)19-37-32)25-9-6-16-40(20-25)34(43)44/h3-5,7-8,10-15,17,19,25H,6,9,16,18,20H2,1-2H3,(H,36,37)(H,38,42)(H,43,44). The largest absolute Gasteiger partial charge is 0.497 e. The summed E-state index contributed by atoms with van der Waals surface area (Å²) < 4.78 is 12.8. The third-order valence-electron chi connectivity index (χ3n) is 8.09. The Morgan fingerprint density at radius 3 is 2.54 bits per heavy atom. The molecular weight excluding hydrogens is 608 g/mol. The second-order valence-corrected chi connectivity index (χ2v) is 11.3. The Morgan fingerprint density at radius 1 is 1.04 bits per heavy atom. The Labute approximate surface area is 270 Å². The van der Waals surface area contributed by atoms with Gasteiger partial charge in [-0.05, 0) is 49.2 Å². The predicted octanol–water partition coefficient (Wildman–Crippen LogP) is 6.95. The number of carbonyl (C=O) groups is 2. The van der Waals surface area contributed by atoms with Gasteiger partial charge in [0.05, 0.1) is 42.4 Å². The van der Waals surface area contributed by atoms with Crippen molar-refractivity contribution in [2.75, 3.05) is 37.9 Å².